The minimum absolute atomic E-state index is 0.0877. The van der Waals surface area contributed by atoms with Gasteiger partial charge in [0.15, 0.2) is 0 Å². The molecule has 0 aromatic heterocycles. The van der Waals surface area contributed by atoms with Crippen LogP contribution in [-0.4, -0.2) is 37.0 Å². The monoisotopic (exact) mass is 276 g/mol. The maximum absolute atomic E-state index is 12.0. The van der Waals surface area contributed by atoms with Crippen molar-refractivity contribution in [2.75, 3.05) is 26.2 Å². The zero-order valence-electron chi connectivity index (χ0n) is 12.1. The van der Waals surface area contributed by atoms with Gasteiger partial charge in [0, 0.05) is 13.1 Å². The summed E-state index contributed by atoms with van der Waals surface area (Å²) in [4.78, 5) is 14.3. The highest BCUT2D eigenvalue weighted by Gasteiger charge is 2.25. The standard InChI is InChI=1S/C16H24N2O2/c1-13(10-18-8-7-15(9-17)11-18)16(19)20-12-14-5-3-2-4-6-14/h2-6,13,15H,7-12,17H2,1H3. The van der Waals surface area contributed by atoms with Gasteiger partial charge in [0.05, 0.1) is 5.92 Å². The van der Waals surface area contributed by atoms with Crippen molar-refractivity contribution in [2.45, 2.75) is 20.0 Å². The molecule has 2 atom stereocenters. The summed E-state index contributed by atoms with van der Waals surface area (Å²) in [5.74, 6) is 0.378. The molecular weight excluding hydrogens is 252 g/mol. The van der Waals surface area contributed by atoms with E-state index in [9.17, 15) is 4.79 Å². The van der Waals surface area contributed by atoms with Crippen LogP contribution in [0, 0.1) is 11.8 Å². The van der Waals surface area contributed by atoms with Gasteiger partial charge in [-0.15, -0.1) is 0 Å². The fraction of sp³-hybridized carbons (Fsp3) is 0.562. The molecule has 1 heterocycles. The average molecular weight is 276 g/mol. The van der Waals surface area contributed by atoms with E-state index >= 15 is 0 Å². The van der Waals surface area contributed by atoms with Crippen molar-refractivity contribution in [1.29, 1.82) is 0 Å². The molecule has 2 unspecified atom stereocenters. The summed E-state index contributed by atoms with van der Waals surface area (Å²) in [6.45, 7) is 5.84. The largest absolute Gasteiger partial charge is 0.461 e. The van der Waals surface area contributed by atoms with Gasteiger partial charge in [-0.1, -0.05) is 37.3 Å². The lowest BCUT2D eigenvalue weighted by Gasteiger charge is -2.19. The second-order valence-electron chi connectivity index (χ2n) is 5.64. The third-order valence-corrected chi connectivity index (χ3v) is 3.86. The molecule has 0 spiro atoms. The summed E-state index contributed by atoms with van der Waals surface area (Å²) in [6, 6.07) is 9.78. The van der Waals surface area contributed by atoms with Crippen LogP contribution in [0.15, 0.2) is 30.3 Å². The van der Waals surface area contributed by atoms with Crippen LogP contribution in [-0.2, 0) is 16.1 Å². The second kappa shape index (κ2) is 7.41. The highest BCUT2D eigenvalue weighted by molar-refractivity contribution is 5.72. The van der Waals surface area contributed by atoms with E-state index in [0.29, 0.717) is 12.5 Å². The first-order valence-electron chi connectivity index (χ1n) is 7.32. The lowest BCUT2D eigenvalue weighted by atomic mass is 10.1. The molecule has 0 radical (unpaired) electrons. The van der Waals surface area contributed by atoms with Gasteiger partial charge in [-0.05, 0) is 31.0 Å². The van der Waals surface area contributed by atoms with Crippen LogP contribution in [0.4, 0.5) is 0 Å². The predicted octanol–water partition coefficient (Wildman–Crippen LogP) is 1.65. The van der Waals surface area contributed by atoms with Crippen molar-refractivity contribution in [3.63, 3.8) is 0 Å². The van der Waals surface area contributed by atoms with Crippen LogP contribution in [0.3, 0.4) is 0 Å². The van der Waals surface area contributed by atoms with E-state index in [-0.39, 0.29) is 11.9 Å². The first kappa shape index (κ1) is 15.0. The fourth-order valence-electron chi connectivity index (χ4n) is 2.60. The highest BCUT2D eigenvalue weighted by Crippen LogP contribution is 2.17. The molecule has 1 fully saturated rings. The summed E-state index contributed by atoms with van der Waals surface area (Å²) in [6.07, 6.45) is 1.14. The number of nitrogens with zero attached hydrogens (tertiary/aromatic N) is 1. The van der Waals surface area contributed by atoms with Crippen molar-refractivity contribution in [3.8, 4) is 0 Å². The number of esters is 1. The first-order chi connectivity index (χ1) is 9.69. The average Bonchev–Trinajstić information content (AvgIpc) is 2.93. The molecule has 110 valence electrons. The van der Waals surface area contributed by atoms with Gasteiger partial charge in [-0.25, -0.2) is 0 Å². The van der Waals surface area contributed by atoms with E-state index in [2.05, 4.69) is 4.90 Å². The molecule has 1 aliphatic heterocycles. The first-order valence-corrected chi connectivity index (χ1v) is 7.32. The topological polar surface area (TPSA) is 55.6 Å². The van der Waals surface area contributed by atoms with E-state index in [1.165, 1.54) is 0 Å². The maximum atomic E-state index is 12.0. The van der Waals surface area contributed by atoms with E-state index in [0.717, 1.165) is 38.2 Å². The van der Waals surface area contributed by atoms with Crippen LogP contribution in [0.2, 0.25) is 0 Å². The van der Waals surface area contributed by atoms with Crippen molar-refractivity contribution in [2.24, 2.45) is 17.6 Å². The zero-order chi connectivity index (χ0) is 14.4. The van der Waals surface area contributed by atoms with Gasteiger partial charge >= 0.3 is 5.97 Å². The number of likely N-dealkylation sites (tertiary alicyclic amines) is 1. The molecule has 4 nitrogen and oxygen atoms in total. The van der Waals surface area contributed by atoms with E-state index in [1.54, 1.807) is 0 Å². The van der Waals surface area contributed by atoms with Gasteiger partial charge in [0.25, 0.3) is 0 Å². The fourth-order valence-corrected chi connectivity index (χ4v) is 2.60. The van der Waals surface area contributed by atoms with Crippen molar-refractivity contribution in [3.05, 3.63) is 35.9 Å². The molecule has 0 aliphatic carbocycles. The molecule has 4 heteroatoms. The van der Waals surface area contributed by atoms with E-state index < -0.39 is 0 Å². The molecule has 1 aliphatic rings. The van der Waals surface area contributed by atoms with Crippen LogP contribution in [0.25, 0.3) is 0 Å². The Labute approximate surface area is 120 Å². The number of carbonyl (C=O) groups excluding carboxylic acids is 1. The summed E-state index contributed by atoms with van der Waals surface area (Å²) < 4.78 is 5.36. The zero-order valence-corrected chi connectivity index (χ0v) is 12.1. The molecule has 2 N–H and O–H groups in total. The molecule has 0 bridgehead atoms. The summed E-state index contributed by atoms with van der Waals surface area (Å²) in [5.41, 5.74) is 6.71. The van der Waals surface area contributed by atoms with Crippen LogP contribution < -0.4 is 5.73 Å². The molecule has 0 amide bonds. The number of carbonyl (C=O) groups is 1. The molecule has 2 rings (SSSR count). The number of ether oxygens (including phenoxy) is 1. The minimum atomic E-state index is -0.120. The Hall–Kier alpha value is -1.39. The van der Waals surface area contributed by atoms with Crippen molar-refractivity contribution in [1.82, 2.24) is 4.90 Å². The van der Waals surface area contributed by atoms with Crippen LogP contribution in [0.1, 0.15) is 18.9 Å². The van der Waals surface area contributed by atoms with Gasteiger partial charge in [0.2, 0.25) is 0 Å². The number of benzene rings is 1. The summed E-state index contributed by atoms with van der Waals surface area (Å²) >= 11 is 0. The maximum Gasteiger partial charge on any atom is 0.310 e. The molecule has 1 aromatic carbocycles. The van der Waals surface area contributed by atoms with Gasteiger partial charge in [0.1, 0.15) is 6.61 Å². The molecule has 0 saturated carbocycles. The van der Waals surface area contributed by atoms with Crippen molar-refractivity contribution >= 4 is 5.97 Å². The Bertz CT molecular complexity index is 422. The lowest BCUT2D eigenvalue weighted by molar-refractivity contribution is -0.149. The number of rotatable bonds is 6. The number of hydrogen-bond donors (Lipinski definition) is 1. The van der Waals surface area contributed by atoms with Gasteiger partial charge in [-0.3, -0.25) is 4.79 Å². The third kappa shape index (κ3) is 4.32. The summed E-state index contributed by atoms with van der Waals surface area (Å²) in [5, 5.41) is 0. The van der Waals surface area contributed by atoms with Crippen molar-refractivity contribution < 1.29 is 9.53 Å². The molecular formula is C16H24N2O2. The number of nitrogens with two attached hydrogens (primary N) is 1. The molecule has 1 saturated heterocycles. The van der Waals surface area contributed by atoms with E-state index in [1.807, 2.05) is 37.3 Å². The summed E-state index contributed by atoms with van der Waals surface area (Å²) in [7, 11) is 0. The SMILES string of the molecule is CC(CN1CCC(CN)C1)C(=O)OCc1ccccc1. The normalized spacial score (nSPS) is 20.8. The Balaban J connectivity index is 1.72. The Morgan fingerprint density at radius 1 is 1.45 bits per heavy atom. The van der Waals surface area contributed by atoms with E-state index in [4.69, 9.17) is 10.5 Å². The molecule has 20 heavy (non-hydrogen) atoms. The number of hydrogen-bond acceptors (Lipinski definition) is 4. The second-order valence-corrected chi connectivity index (χ2v) is 5.64. The smallest absolute Gasteiger partial charge is 0.310 e. The van der Waals surface area contributed by atoms with Crippen LogP contribution in [0.5, 0.6) is 0 Å². The van der Waals surface area contributed by atoms with Gasteiger partial charge < -0.3 is 15.4 Å². The highest BCUT2D eigenvalue weighted by atomic mass is 16.5. The minimum Gasteiger partial charge on any atom is -0.461 e. The Morgan fingerprint density at radius 3 is 2.85 bits per heavy atom. The third-order valence-electron chi connectivity index (χ3n) is 3.86. The lowest BCUT2D eigenvalue weighted by Crippen LogP contribution is -2.31. The van der Waals surface area contributed by atoms with Crippen LogP contribution >= 0.6 is 0 Å². The quantitative estimate of drug-likeness (QED) is 0.803. The Morgan fingerprint density at radius 2 is 2.20 bits per heavy atom. The predicted molar refractivity (Wildman–Crippen MR) is 79.0 cm³/mol. The Kier molecular flexibility index (Phi) is 5.56. The molecule has 1 aromatic rings. The van der Waals surface area contributed by atoms with Gasteiger partial charge in [-0.2, -0.15) is 0 Å².